The largest absolute Gasteiger partial charge is 0.497 e. The van der Waals surface area contributed by atoms with Gasteiger partial charge in [0.1, 0.15) is 11.5 Å². The fourth-order valence-corrected chi connectivity index (χ4v) is 2.43. The van der Waals surface area contributed by atoms with E-state index in [4.69, 9.17) is 9.47 Å². The highest BCUT2D eigenvalue weighted by Crippen LogP contribution is 2.24. The summed E-state index contributed by atoms with van der Waals surface area (Å²) in [5.74, 6) is 1.72. The molecule has 0 spiro atoms. The Balaban J connectivity index is 2.01. The zero-order valence-corrected chi connectivity index (χ0v) is 14.6. The van der Waals surface area contributed by atoms with Crippen molar-refractivity contribution in [3.63, 3.8) is 0 Å². The second-order valence-electron chi connectivity index (χ2n) is 5.77. The number of urea groups is 1. The summed E-state index contributed by atoms with van der Waals surface area (Å²) in [6.07, 6.45) is 0. The first kappa shape index (κ1) is 17.7. The number of nitrogens with one attached hydrogen (secondary N) is 2. The molecule has 0 heterocycles. The molecule has 2 rings (SSSR count). The van der Waals surface area contributed by atoms with Crippen molar-refractivity contribution in [1.29, 1.82) is 0 Å². The number of benzene rings is 2. The van der Waals surface area contributed by atoms with Gasteiger partial charge in [0.25, 0.3) is 0 Å². The molecule has 0 bridgehead atoms. The van der Waals surface area contributed by atoms with Crippen molar-refractivity contribution >= 4 is 11.7 Å². The molecule has 0 saturated heterocycles. The molecule has 0 unspecified atom stereocenters. The van der Waals surface area contributed by atoms with Crippen LogP contribution in [-0.2, 0) is 6.54 Å². The fourth-order valence-electron chi connectivity index (χ4n) is 2.43. The summed E-state index contributed by atoms with van der Waals surface area (Å²) in [5, 5.41) is 5.76. The van der Waals surface area contributed by atoms with Crippen LogP contribution in [0.2, 0.25) is 0 Å². The van der Waals surface area contributed by atoms with Crippen LogP contribution in [0.5, 0.6) is 11.5 Å². The van der Waals surface area contributed by atoms with Crippen LogP contribution in [0.3, 0.4) is 0 Å². The predicted molar refractivity (Wildman–Crippen MR) is 95.9 cm³/mol. The van der Waals surface area contributed by atoms with Crippen LogP contribution in [0.1, 0.15) is 30.9 Å². The minimum atomic E-state index is -0.245. The Bertz CT molecular complexity index is 677. The number of hydrogen-bond donors (Lipinski definition) is 2. The lowest BCUT2D eigenvalue weighted by molar-refractivity contribution is 0.251. The number of carbonyl (C=O) groups excluding carboxylic acids is 1. The van der Waals surface area contributed by atoms with E-state index in [9.17, 15) is 4.79 Å². The van der Waals surface area contributed by atoms with Crippen molar-refractivity contribution in [1.82, 2.24) is 5.32 Å². The summed E-state index contributed by atoms with van der Waals surface area (Å²) in [7, 11) is 3.20. The third-order valence-corrected chi connectivity index (χ3v) is 3.70. The zero-order valence-electron chi connectivity index (χ0n) is 14.6. The molecule has 2 aromatic carbocycles. The van der Waals surface area contributed by atoms with E-state index in [1.165, 1.54) is 0 Å². The van der Waals surface area contributed by atoms with E-state index in [2.05, 4.69) is 24.5 Å². The molecule has 5 nitrogen and oxygen atoms in total. The number of amides is 2. The fraction of sp³-hybridized carbons (Fsp3) is 0.316. The first-order chi connectivity index (χ1) is 11.5. The number of rotatable bonds is 6. The quantitative estimate of drug-likeness (QED) is 0.837. The molecule has 2 amide bonds. The molecule has 5 heteroatoms. The SMILES string of the molecule is COc1cc(CNC(=O)Nc2ccccc2C(C)C)cc(OC)c1. The third-order valence-electron chi connectivity index (χ3n) is 3.70. The molecular weight excluding hydrogens is 304 g/mol. The Kier molecular flexibility index (Phi) is 6.07. The average Bonchev–Trinajstić information content (AvgIpc) is 2.59. The maximum absolute atomic E-state index is 12.2. The summed E-state index contributed by atoms with van der Waals surface area (Å²) in [4.78, 5) is 12.2. The van der Waals surface area contributed by atoms with Crippen molar-refractivity contribution < 1.29 is 14.3 Å². The molecule has 0 atom stereocenters. The number of anilines is 1. The van der Waals surface area contributed by atoms with E-state index in [0.717, 1.165) is 16.8 Å². The molecule has 24 heavy (non-hydrogen) atoms. The van der Waals surface area contributed by atoms with Gasteiger partial charge in [-0.15, -0.1) is 0 Å². The second-order valence-corrected chi connectivity index (χ2v) is 5.77. The van der Waals surface area contributed by atoms with E-state index >= 15 is 0 Å². The van der Waals surface area contributed by atoms with Crippen LogP contribution < -0.4 is 20.1 Å². The average molecular weight is 328 g/mol. The lowest BCUT2D eigenvalue weighted by Gasteiger charge is -2.14. The van der Waals surface area contributed by atoms with Crippen molar-refractivity contribution in [3.8, 4) is 11.5 Å². The van der Waals surface area contributed by atoms with Gasteiger partial charge in [-0.1, -0.05) is 32.0 Å². The predicted octanol–water partition coefficient (Wildman–Crippen LogP) is 4.15. The molecule has 0 aliphatic carbocycles. The topological polar surface area (TPSA) is 59.6 Å². The highest BCUT2D eigenvalue weighted by atomic mass is 16.5. The van der Waals surface area contributed by atoms with Gasteiger partial charge in [-0.3, -0.25) is 0 Å². The van der Waals surface area contributed by atoms with Crippen molar-refractivity contribution in [2.75, 3.05) is 19.5 Å². The number of para-hydroxylation sites is 1. The van der Waals surface area contributed by atoms with E-state index in [1.54, 1.807) is 20.3 Å². The number of methoxy groups -OCH3 is 2. The minimum Gasteiger partial charge on any atom is -0.497 e. The lowest BCUT2D eigenvalue weighted by Crippen LogP contribution is -2.28. The van der Waals surface area contributed by atoms with Gasteiger partial charge < -0.3 is 20.1 Å². The maximum Gasteiger partial charge on any atom is 0.319 e. The Morgan fingerprint density at radius 2 is 1.67 bits per heavy atom. The molecule has 0 aromatic heterocycles. The van der Waals surface area contributed by atoms with Gasteiger partial charge in [0.05, 0.1) is 14.2 Å². The summed E-state index contributed by atoms with van der Waals surface area (Å²) < 4.78 is 10.5. The van der Waals surface area contributed by atoms with E-state index in [1.807, 2.05) is 36.4 Å². The van der Waals surface area contributed by atoms with Crippen LogP contribution in [0.4, 0.5) is 10.5 Å². The summed E-state index contributed by atoms with van der Waals surface area (Å²) >= 11 is 0. The van der Waals surface area contributed by atoms with Crippen molar-refractivity contribution in [2.24, 2.45) is 0 Å². The Morgan fingerprint density at radius 3 is 2.25 bits per heavy atom. The van der Waals surface area contributed by atoms with Crippen LogP contribution in [0.15, 0.2) is 42.5 Å². The zero-order chi connectivity index (χ0) is 17.5. The molecular formula is C19H24N2O3. The molecule has 2 N–H and O–H groups in total. The number of carbonyl (C=O) groups is 1. The molecule has 0 fully saturated rings. The molecule has 0 aliphatic heterocycles. The van der Waals surface area contributed by atoms with E-state index in [0.29, 0.717) is 24.0 Å². The molecule has 0 aliphatic rings. The van der Waals surface area contributed by atoms with Crippen LogP contribution >= 0.6 is 0 Å². The van der Waals surface area contributed by atoms with E-state index in [-0.39, 0.29) is 6.03 Å². The Morgan fingerprint density at radius 1 is 1.04 bits per heavy atom. The van der Waals surface area contributed by atoms with Gasteiger partial charge >= 0.3 is 6.03 Å². The standard InChI is InChI=1S/C19H24N2O3/c1-13(2)17-7-5-6-8-18(17)21-19(22)20-12-14-9-15(23-3)11-16(10-14)24-4/h5-11,13H,12H2,1-4H3,(H2,20,21,22). The van der Waals surface area contributed by atoms with Crippen LogP contribution in [0.25, 0.3) is 0 Å². The van der Waals surface area contributed by atoms with E-state index < -0.39 is 0 Å². The highest BCUT2D eigenvalue weighted by Gasteiger charge is 2.09. The van der Waals surface area contributed by atoms with Crippen LogP contribution in [-0.4, -0.2) is 20.3 Å². The first-order valence-corrected chi connectivity index (χ1v) is 7.89. The first-order valence-electron chi connectivity index (χ1n) is 7.89. The molecule has 128 valence electrons. The smallest absolute Gasteiger partial charge is 0.319 e. The van der Waals surface area contributed by atoms with Gasteiger partial charge in [0, 0.05) is 18.3 Å². The van der Waals surface area contributed by atoms with Gasteiger partial charge in [0.15, 0.2) is 0 Å². The van der Waals surface area contributed by atoms with Crippen molar-refractivity contribution in [3.05, 3.63) is 53.6 Å². The summed E-state index contributed by atoms with van der Waals surface area (Å²) in [6.45, 7) is 4.57. The third kappa shape index (κ3) is 4.65. The number of ether oxygens (including phenoxy) is 2. The maximum atomic E-state index is 12.2. The number of hydrogen-bond acceptors (Lipinski definition) is 3. The minimum absolute atomic E-state index is 0.245. The van der Waals surface area contributed by atoms with Gasteiger partial charge in [-0.25, -0.2) is 4.79 Å². The monoisotopic (exact) mass is 328 g/mol. The summed E-state index contributed by atoms with van der Waals surface area (Å²) in [6, 6.07) is 13.1. The highest BCUT2D eigenvalue weighted by molar-refractivity contribution is 5.90. The Hall–Kier alpha value is -2.69. The van der Waals surface area contributed by atoms with Gasteiger partial charge in [0.2, 0.25) is 0 Å². The Labute approximate surface area is 143 Å². The van der Waals surface area contributed by atoms with Crippen LogP contribution in [0, 0.1) is 0 Å². The normalized spacial score (nSPS) is 10.4. The summed E-state index contributed by atoms with van der Waals surface area (Å²) in [5.41, 5.74) is 2.84. The van der Waals surface area contributed by atoms with Crippen molar-refractivity contribution in [2.45, 2.75) is 26.3 Å². The van der Waals surface area contributed by atoms with Gasteiger partial charge in [-0.2, -0.15) is 0 Å². The van der Waals surface area contributed by atoms with Gasteiger partial charge in [-0.05, 0) is 35.2 Å². The molecule has 0 radical (unpaired) electrons. The molecule has 2 aromatic rings. The lowest BCUT2D eigenvalue weighted by atomic mass is 10.0. The second kappa shape index (κ2) is 8.24. The molecule has 0 saturated carbocycles.